The van der Waals surface area contributed by atoms with E-state index in [4.69, 9.17) is 9.47 Å². The Labute approximate surface area is 93.8 Å². The summed E-state index contributed by atoms with van der Waals surface area (Å²) in [5, 5.41) is 3.18. The smallest absolute Gasteiger partial charge is 0.217 e. The van der Waals surface area contributed by atoms with Crippen molar-refractivity contribution in [3.63, 3.8) is 0 Å². The van der Waals surface area contributed by atoms with Crippen molar-refractivity contribution in [1.82, 2.24) is 10.3 Å². The van der Waals surface area contributed by atoms with Gasteiger partial charge in [-0.1, -0.05) is 0 Å². The molecule has 1 aliphatic heterocycles. The number of hydrogen-bond donors (Lipinski definition) is 1. The lowest BCUT2D eigenvalue weighted by Crippen LogP contribution is -2.11. The predicted octanol–water partition coefficient (Wildman–Crippen LogP) is 1.31. The molecule has 0 aliphatic carbocycles. The molecule has 1 fully saturated rings. The predicted molar refractivity (Wildman–Crippen MR) is 57.5 cm³/mol. The van der Waals surface area contributed by atoms with Crippen molar-refractivity contribution >= 4 is 0 Å². The first-order valence-electron chi connectivity index (χ1n) is 5.25. The monoisotopic (exact) mass is 226 g/mol. The molecule has 0 aromatic carbocycles. The highest BCUT2D eigenvalue weighted by molar-refractivity contribution is 5.34. The molecule has 0 bridgehead atoms. The van der Waals surface area contributed by atoms with Gasteiger partial charge in [0.2, 0.25) is 5.88 Å². The third-order valence-electron chi connectivity index (χ3n) is 2.80. The van der Waals surface area contributed by atoms with E-state index in [1.807, 2.05) is 0 Å². The van der Waals surface area contributed by atoms with Crippen molar-refractivity contribution in [1.29, 1.82) is 0 Å². The van der Waals surface area contributed by atoms with Gasteiger partial charge in [-0.25, -0.2) is 9.37 Å². The van der Waals surface area contributed by atoms with Gasteiger partial charge in [0.05, 0.1) is 19.9 Å². The van der Waals surface area contributed by atoms with E-state index < -0.39 is 0 Å². The highest BCUT2D eigenvalue weighted by Gasteiger charge is 2.24. The lowest BCUT2D eigenvalue weighted by atomic mass is 10.0. The summed E-state index contributed by atoms with van der Waals surface area (Å²) in [6, 6.07) is 1.46. The molecule has 16 heavy (non-hydrogen) atoms. The van der Waals surface area contributed by atoms with Crippen LogP contribution in [0.15, 0.2) is 6.07 Å². The average Bonchev–Trinajstić information content (AvgIpc) is 2.83. The number of halogens is 1. The molecule has 5 heteroatoms. The van der Waals surface area contributed by atoms with Gasteiger partial charge in [0, 0.05) is 18.5 Å². The quantitative estimate of drug-likeness (QED) is 0.844. The molecule has 0 saturated carbocycles. The Hall–Kier alpha value is -1.36. The van der Waals surface area contributed by atoms with Crippen LogP contribution in [0.25, 0.3) is 0 Å². The van der Waals surface area contributed by atoms with E-state index in [1.165, 1.54) is 20.3 Å². The molecule has 88 valence electrons. The summed E-state index contributed by atoms with van der Waals surface area (Å²) in [5.74, 6) is 0.301. The van der Waals surface area contributed by atoms with Gasteiger partial charge in [-0.3, -0.25) is 0 Å². The van der Waals surface area contributed by atoms with Gasteiger partial charge in [0.1, 0.15) is 0 Å². The Morgan fingerprint density at radius 3 is 2.81 bits per heavy atom. The molecule has 4 nitrogen and oxygen atoms in total. The Balaban J connectivity index is 2.41. The highest BCUT2D eigenvalue weighted by Crippen LogP contribution is 2.31. The van der Waals surface area contributed by atoms with E-state index in [1.54, 1.807) is 0 Å². The van der Waals surface area contributed by atoms with Crippen LogP contribution in [0.3, 0.4) is 0 Å². The van der Waals surface area contributed by atoms with Gasteiger partial charge in [-0.2, -0.15) is 0 Å². The fourth-order valence-corrected chi connectivity index (χ4v) is 1.91. The Morgan fingerprint density at radius 2 is 2.25 bits per heavy atom. The van der Waals surface area contributed by atoms with Gasteiger partial charge in [-0.15, -0.1) is 0 Å². The number of nitrogens with zero attached hydrogens (tertiary/aromatic N) is 1. The Morgan fingerprint density at radius 1 is 1.44 bits per heavy atom. The van der Waals surface area contributed by atoms with Crippen molar-refractivity contribution in [2.75, 3.05) is 27.3 Å². The first-order chi connectivity index (χ1) is 7.76. The molecule has 1 aromatic heterocycles. The second kappa shape index (κ2) is 4.65. The largest absolute Gasteiger partial charge is 0.493 e. The third-order valence-corrected chi connectivity index (χ3v) is 2.80. The SMILES string of the molecule is COc1cc(OC)c(F)c(C2CCNC2)n1. The maximum atomic E-state index is 14.0. The molecule has 2 rings (SSSR count). The zero-order valence-corrected chi connectivity index (χ0v) is 9.42. The number of hydrogen-bond acceptors (Lipinski definition) is 4. The zero-order valence-electron chi connectivity index (χ0n) is 9.42. The summed E-state index contributed by atoms with van der Waals surface area (Å²) < 4.78 is 24.0. The van der Waals surface area contributed by atoms with Gasteiger partial charge >= 0.3 is 0 Å². The normalized spacial score (nSPS) is 19.8. The number of pyridine rings is 1. The lowest BCUT2D eigenvalue weighted by molar-refractivity contribution is 0.357. The van der Waals surface area contributed by atoms with Crippen LogP contribution < -0.4 is 14.8 Å². The molecule has 0 spiro atoms. The van der Waals surface area contributed by atoms with Crippen molar-refractivity contribution in [3.05, 3.63) is 17.6 Å². The summed E-state index contributed by atoms with van der Waals surface area (Å²) in [5.41, 5.74) is 0.432. The molecule has 2 heterocycles. The minimum Gasteiger partial charge on any atom is -0.493 e. The zero-order chi connectivity index (χ0) is 11.5. The second-order valence-corrected chi connectivity index (χ2v) is 3.76. The molecule has 1 atom stereocenters. The highest BCUT2D eigenvalue weighted by atomic mass is 19.1. The van der Waals surface area contributed by atoms with Gasteiger partial charge in [0.15, 0.2) is 11.6 Å². The lowest BCUT2D eigenvalue weighted by Gasteiger charge is -2.13. The molecule has 1 N–H and O–H groups in total. The third kappa shape index (κ3) is 1.95. The van der Waals surface area contributed by atoms with E-state index >= 15 is 0 Å². The minimum absolute atomic E-state index is 0.101. The number of methoxy groups -OCH3 is 2. The van der Waals surface area contributed by atoms with Gasteiger partial charge < -0.3 is 14.8 Å². The standard InChI is InChI=1S/C11H15FN2O2/c1-15-8-5-9(16-2)14-11(10(8)12)7-3-4-13-6-7/h5,7,13H,3-4,6H2,1-2H3. The van der Waals surface area contributed by atoms with Crippen LogP contribution in [0.5, 0.6) is 11.6 Å². The van der Waals surface area contributed by atoms with Crippen LogP contribution in [0.4, 0.5) is 4.39 Å². The maximum Gasteiger partial charge on any atom is 0.217 e. The maximum absolute atomic E-state index is 14.0. The van der Waals surface area contributed by atoms with E-state index in [0.29, 0.717) is 11.6 Å². The number of nitrogens with one attached hydrogen (secondary N) is 1. The Kier molecular flexibility index (Phi) is 3.24. The molecule has 1 aliphatic rings. The molecular formula is C11H15FN2O2. The number of ether oxygens (including phenoxy) is 2. The summed E-state index contributed by atoms with van der Waals surface area (Å²) in [6.45, 7) is 1.64. The average molecular weight is 226 g/mol. The first-order valence-corrected chi connectivity index (χ1v) is 5.25. The molecular weight excluding hydrogens is 211 g/mol. The number of rotatable bonds is 3. The van der Waals surface area contributed by atoms with Crippen LogP contribution in [0.2, 0.25) is 0 Å². The van der Waals surface area contributed by atoms with E-state index in [9.17, 15) is 4.39 Å². The van der Waals surface area contributed by atoms with E-state index in [-0.39, 0.29) is 17.5 Å². The summed E-state index contributed by atoms with van der Waals surface area (Å²) in [6.07, 6.45) is 0.889. The topological polar surface area (TPSA) is 43.4 Å². The minimum atomic E-state index is -0.378. The fraction of sp³-hybridized carbons (Fsp3) is 0.545. The van der Waals surface area contributed by atoms with Gasteiger partial charge in [-0.05, 0) is 13.0 Å². The Bertz CT molecular complexity index is 378. The summed E-state index contributed by atoms with van der Waals surface area (Å²) in [7, 11) is 2.95. The molecule has 1 aromatic rings. The fourth-order valence-electron chi connectivity index (χ4n) is 1.91. The van der Waals surface area contributed by atoms with Crippen LogP contribution in [-0.2, 0) is 0 Å². The van der Waals surface area contributed by atoms with E-state index in [2.05, 4.69) is 10.3 Å². The molecule has 0 radical (unpaired) electrons. The summed E-state index contributed by atoms with van der Waals surface area (Å²) in [4.78, 5) is 4.16. The first kappa shape index (κ1) is 11.1. The second-order valence-electron chi connectivity index (χ2n) is 3.76. The summed E-state index contributed by atoms with van der Waals surface area (Å²) >= 11 is 0. The van der Waals surface area contributed by atoms with Crippen molar-refractivity contribution in [2.24, 2.45) is 0 Å². The van der Waals surface area contributed by atoms with Gasteiger partial charge in [0.25, 0.3) is 0 Å². The van der Waals surface area contributed by atoms with Crippen LogP contribution in [0, 0.1) is 5.82 Å². The molecule has 1 saturated heterocycles. The number of aromatic nitrogens is 1. The van der Waals surface area contributed by atoms with Crippen molar-refractivity contribution in [3.8, 4) is 11.6 Å². The van der Waals surface area contributed by atoms with Crippen LogP contribution in [0.1, 0.15) is 18.0 Å². The molecule has 0 amide bonds. The van der Waals surface area contributed by atoms with E-state index in [0.717, 1.165) is 19.5 Å². The van der Waals surface area contributed by atoms with Crippen molar-refractivity contribution < 1.29 is 13.9 Å². The van der Waals surface area contributed by atoms with Crippen LogP contribution >= 0.6 is 0 Å². The molecule has 1 unspecified atom stereocenters. The van der Waals surface area contributed by atoms with Crippen molar-refractivity contribution in [2.45, 2.75) is 12.3 Å². The van der Waals surface area contributed by atoms with Crippen LogP contribution in [-0.4, -0.2) is 32.3 Å².